The molecule has 676 valence electrons. The van der Waals surface area contributed by atoms with Crippen molar-refractivity contribution >= 4 is 0 Å². The van der Waals surface area contributed by atoms with Gasteiger partial charge in [-0.25, -0.2) is 22.0 Å². The Kier molecular flexibility index (Phi) is 42.7. The Balaban J connectivity index is 0.000000153. The van der Waals surface area contributed by atoms with Gasteiger partial charge in [-0.2, -0.15) is 0 Å². The molecule has 10 aromatic rings. The maximum atomic E-state index is 13.7. The van der Waals surface area contributed by atoms with E-state index in [1.165, 1.54) is 88.0 Å². The van der Waals surface area contributed by atoms with Gasteiger partial charge in [0.05, 0.1) is 54.4 Å². The van der Waals surface area contributed by atoms with Crippen molar-refractivity contribution in [3.63, 3.8) is 0 Å². The van der Waals surface area contributed by atoms with Gasteiger partial charge >= 0.3 is 0 Å². The van der Waals surface area contributed by atoms with Crippen molar-refractivity contribution < 1.29 is 59.8 Å². The minimum atomic E-state index is -0.776. The number of halogens is 5. The van der Waals surface area contributed by atoms with E-state index in [-0.39, 0.29) is 17.5 Å². The Morgan fingerprint density at radius 3 is 0.897 bits per heavy atom. The van der Waals surface area contributed by atoms with Crippen molar-refractivity contribution in [2.75, 3.05) is 153 Å². The zero-order chi connectivity index (χ0) is 87.8. The molecule has 0 amide bonds. The lowest BCUT2D eigenvalue weighted by Crippen LogP contribution is -2.35. The molecule has 0 unspecified atom stereocenters. The Labute approximate surface area is 748 Å². The smallest absolute Gasteiger partial charge is 0.203 e. The maximum absolute atomic E-state index is 13.7. The molecule has 5 aliphatic heterocycles. The highest BCUT2D eigenvalue weighted by atomic mass is 19.2. The van der Waals surface area contributed by atoms with Gasteiger partial charge in [-0.1, -0.05) is 146 Å². The molecule has 5 heterocycles. The van der Waals surface area contributed by atoms with E-state index in [1.54, 1.807) is 63.8 Å². The van der Waals surface area contributed by atoms with Gasteiger partial charge in [-0.15, -0.1) is 0 Å². The average molecular weight is 1730 g/mol. The van der Waals surface area contributed by atoms with E-state index in [0.717, 1.165) is 276 Å². The molecule has 0 bridgehead atoms. The van der Waals surface area contributed by atoms with Gasteiger partial charge in [-0.3, -0.25) is 0 Å². The van der Waals surface area contributed by atoms with Crippen LogP contribution in [-0.2, 0) is 32.1 Å². The van der Waals surface area contributed by atoms with Crippen LogP contribution in [0.5, 0.6) is 46.0 Å². The summed E-state index contributed by atoms with van der Waals surface area (Å²) < 4.78 is 111. The Bertz CT molecular complexity index is 4550. The largest absolute Gasteiger partial charge is 0.494 e. The highest BCUT2D eigenvalue weighted by Gasteiger charge is 2.26. The first kappa shape index (κ1) is 96.7. The molecular weight excluding hydrogens is 1590 g/mol. The molecule has 0 atom stereocenters. The van der Waals surface area contributed by atoms with Gasteiger partial charge < -0.3 is 62.4 Å². The number of hydrogen-bond donors (Lipinski definition) is 0. The van der Waals surface area contributed by atoms with Crippen LogP contribution in [-0.4, -0.2) is 177 Å². The Morgan fingerprint density at radius 1 is 0.246 bits per heavy atom. The highest BCUT2D eigenvalue weighted by Crippen LogP contribution is 2.40. The molecule has 126 heavy (non-hydrogen) atoms. The lowest BCUT2D eigenvalue weighted by Gasteiger charge is -2.32. The second-order valence-electron chi connectivity index (χ2n) is 34.0. The Hall–Kier alpha value is -9.95. The average Bonchev–Trinajstić information content (AvgIpc) is 0.819. The van der Waals surface area contributed by atoms with Crippen LogP contribution in [0.25, 0.3) is 0 Å². The first-order valence-electron chi connectivity index (χ1n) is 46.3. The number of nitrogens with zero attached hydrogens (tertiary/aromatic N) is 5. The molecule has 0 aromatic heterocycles. The van der Waals surface area contributed by atoms with E-state index in [1.807, 2.05) is 188 Å². The second-order valence-corrected chi connectivity index (χ2v) is 34.0. The summed E-state index contributed by atoms with van der Waals surface area (Å²) in [6.07, 6.45) is 22.3. The third kappa shape index (κ3) is 35.7. The Morgan fingerprint density at radius 2 is 0.563 bits per heavy atom. The summed E-state index contributed by atoms with van der Waals surface area (Å²) in [5.74, 6) is 8.79. The van der Waals surface area contributed by atoms with Gasteiger partial charge in [0.1, 0.15) is 46.2 Å². The number of ether oxygens (including phenoxy) is 8. The molecule has 18 heteroatoms. The van der Waals surface area contributed by atoms with E-state index in [2.05, 4.69) is 30.6 Å². The number of hydrogen-bond acceptors (Lipinski definition) is 13. The fourth-order valence-corrected chi connectivity index (χ4v) is 17.3. The van der Waals surface area contributed by atoms with Gasteiger partial charge in [0.25, 0.3) is 0 Å². The molecule has 0 spiro atoms. The standard InChI is InChI=1S/C24H33NO4.C21H25F2NO.3C21H26FNO/c1-26-22-10-9-20(23(27-2)24(22)28-3)13-17-25-15-11-19(12-16-25)14-18-29-21-7-5-4-6-8-21;22-20-7-6-18(16-21(20)23)10-14-24-12-8-17(9-13-24)11-15-25-19-4-2-1-3-5-19;22-20-6-4-5-19(17-20)11-15-23-13-9-18(10-14-23)12-16-24-21-7-2-1-3-8-21;22-21-9-5-4-6-19(21)12-16-23-14-10-18(11-15-23)13-17-24-20-7-2-1-3-8-20;22-20-8-6-18(7-9-20)10-14-23-15-11-19(12-16-23)13-17-24-21-4-2-1-3-5-21/h4-10,19H,11-18H2,1-3H3;1-7,16-17H,8-15H2;1-8,17-18H,9-16H2;1-9,18H,10-17H2;1-9,19H,10-17H2. The van der Waals surface area contributed by atoms with Gasteiger partial charge in [-0.05, 0) is 360 Å². The van der Waals surface area contributed by atoms with Crippen molar-refractivity contribution in [2.24, 2.45) is 29.6 Å². The first-order chi connectivity index (χ1) is 61.8. The predicted molar refractivity (Wildman–Crippen MR) is 499 cm³/mol. The summed E-state index contributed by atoms with van der Waals surface area (Å²) >= 11 is 0. The van der Waals surface area contributed by atoms with Crippen molar-refractivity contribution in [3.05, 3.63) is 312 Å². The number of methoxy groups -OCH3 is 3. The topological polar surface area (TPSA) is 90.0 Å². The maximum Gasteiger partial charge on any atom is 0.203 e. The zero-order valence-corrected chi connectivity index (χ0v) is 74.8. The molecule has 13 nitrogen and oxygen atoms in total. The van der Waals surface area contributed by atoms with Crippen molar-refractivity contribution in [2.45, 2.75) is 128 Å². The molecule has 0 N–H and O–H groups in total. The van der Waals surface area contributed by atoms with Gasteiger partial charge in [0.2, 0.25) is 5.75 Å². The van der Waals surface area contributed by atoms with E-state index in [4.69, 9.17) is 37.9 Å². The van der Waals surface area contributed by atoms with Crippen LogP contribution in [0, 0.1) is 58.7 Å². The first-order valence-corrected chi connectivity index (χ1v) is 46.3. The highest BCUT2D eigenvalue weighted by molar-refractivity contribution is 5.56. The van der Waals surface area contributed by atoms with Gasteiger partial charge in [0, 0.05) is 32.7 Å². The van der Waals surface area contributed by atoms with E-state index >= 15 is 0 Å². The monoisotopic (exact) mass is 1730 g/mol. The van der Waals surface area contributed by atoms with E-state index in [0.29, 0.717) is 17.4 Å². The van der Waals surface area contributed by atoms with Crippen LogP contribution in [0.3, 0.4) is 0 Å². The number of piperidine rings is 5. The molecule has 5 aliphatic rings. The summed E-state index contributed by atoms with van der Waals surface area (Å²) in [7, 11) is 4.98. The fourth-order valence-electron chi connectivity index (χ4n) is 17.3. The van der Waals surface area contributed by atoms with Gasteiger partial charge in [0.15, 0.2) is 23.1 Å². The normalized spacial score (nSPS) is 15.9. The summed E-state index contributed by atoms with van der Waals surface area (Å²) in [6.45, 7) is 20.2. The minimum absolute atomic E-state index is 0.0783. The van der Waals surface area contributed by atoms with Crippen molar-refractivity contribution in [1.82, 2.24) is 24.5 Å². The predicted octanol–water partition coefficient (Wildman–Crippen LogP) is 22.8. The summed E-state index contributed by atoms with van der Waals surface area (Å²) in [5.41, 5.74) is 5.15. The fraction of sp³-hybridized carbons (Fsp3) is 0.444. The molecule has 0 radical (unpaired) electrons. The van der Waals surface area contributed by atoms with Crippen LogP contribution >= 0.6 is 0 Å². The summed E-state index contributed by atoms with van der Waals surface area (Å²) in [4.78, 5) is 12.4. The molecule has 15 rings (SSSR count). The third-order valence-corrected chi connectivity index (χ3v) is 25.3. The molecular formula is C108H136F5N5O8. The number of rotatable bonds is 38. The molecule has 5 saturated heterocycles. The minimum Gasteiger partial charge on any atom is -0.494 e. The van der Waals surface area contributed by atoms with Crippen LogP contribution < -0.4 is 37.9 Å². The summed E-state index contributed by atoms with van der Waals surface area (Å²) in [6, 6.07) is 79.3. The van der Waals surface area contributed by atoms with Crippen LogP contribution in [0.4, 0.5) is 22.0 Å². The number of likely N-dealkylation sites (tertiary alicyclic amines) is 5. The lowest BCUT2D eigenvalue weighted by atomic mass is 9.93. The molecule has 0 saturated carbocycles. The summed E-state index contributed by atoms with van der Waals surface area (Å²) in [5, 5.41) is 0. The molecule has 5 fully saturated rings. The van der Waals surface area contributed by atoms with Crippen LogP contribution in [0.2, 0.25) is 0 Å². The van der Waals surface area contributed by atoms with E-state index < -0.39 is 11.6 Å². The zero-order valence-electron chi connectivity index (χ0n) is 74.8. The van der Waals surface area contributed by atoms with Crippen LogP contribution in [0.1, 0.15) is 124 Å². The van der Waals surface area contributed by atoms with Crippen molar-refractivity contribution in [1.29, 1.82) is 0 Å². The SMILES string of the molecule is COc1ccc(CCN2CCC(CCOc3ccccc3)CC2)c(OC)c1OC.Fc1ccc(CCN2CCC(CCOc3ccccc3)CC2)cc1.Fc1ccc(CCN2CCC(CCOc3ccccc3)CC2)cc1F.Fc1cccc(CCN2CCC(CCOc3ccccc3)CC2)c1.Fc1ccccc1CCN1CCC(CCOc2ccccc2)CC1. The quantitative estimate of drug-likeness (QED) is 0.0344. The lowest BCUT2D eigenvalue weighted by molar-refractivity contribution is 0.164. The number of para-hydroxylation sites is 5. The van der Waals surface area contributed by atoms with E-state index in [9.17, 15) is 22.0 Å². The molecule has 10 aromatic carbocycles. The third-order valence-electron chi connectivity index (χ3n) is 25.3. The second kappa shape index (κ2) is 55.6. The number of benzene rings is 10. The van der Waals surface area contributed by atoms with Crippen LogP contribution in [0.15, 0.2) is 255 Å². The molecule has 0 aliphatic carbocycles. The van der Waals surface area contributed by atoms with Crippen molar-refractivity contribution in [3.8, 4) is 46.0 Å².